The van der Waals surface area contributed by atoms with Crippen molar-refractivity contribution in [1.82, 2.24) is 9.88 Å². The predicted molar refractivity (Wildman–Crippen MR) is 111 cm³/mol. The summed E-state index contributed by atoms with van der Waals surface area (Å²) in [5.41, 5.74) is 1.83. The summed E-state index contributed by atoms with van der Waals surface area (Å²) in [7, 11) is 3.25. The first kappa shape index (κ1) is 20.5. The summed E-state index contributed by atoms with van der Waals surface area (Å²) >= 11 is 1.57. The van der Waals surface area contributed by atoms with Crippen molar-refractivity contribution < 1.29 is 19.1 Å². The van der Waals surface area contributed by atoms with Gasteiger partial charge >= 0.3 is 5.97 Å². The van der Waals surface area contributed by atoms with E-state index in [-0.39, 0.29) is 5.91 Å². The minimum Gasteiger partial charge on any atom is -0.487 e. The van der Waals surface area contributed by atoms with E-state index < -0.39 is 12.1 Å². The van der Waals surface area contributed by atoms with Gasteiger partial charge in [0.05, 0.1) is 16.3 Å². The van der Waals surface area contributed by atoms with Crippen LogP contribution in [0.3, 0.4) is 0 Å². The maximum Gasteiger partial charge on any atom is 0.339 e. The van der Waals surface area contributed by atoms with E-state index >= 15 is 0 Å². The van der Waals surface area contributed by atoms with Crippen LogP contribution in [0.4, 0.5) is 0 Å². The molecule has 0 aliphatic heterocycles. The molecule has 150 valence electrons. The van der Waals surface area contributed by atoms with Crippen molar-refractivity contribution >= 4 is 23.2 Å². The summed E-state index contributed by atoms with van der Waals surface area (Å²) in [6.45, 7) is 2.31. The number of hydrogen-bond acceptors (Lipinski definition) is 6. The van der Waals surface area contributed by atoms with Gasteiger partial charge in [-0.15, -0.1) is 11.3 Å². The van der Waals surface area contributed by atoms with Crippen molar-refractivity contribution in [3.63, 3.8) is 0 Å². The van der Waals surface area contributed by atoms with Crippen LogP contribution in [0.25, 0.3) is 0 Å². The molecule has 0 N–H and O–H groups in total. The molecular weight excluding hydrogens is 388 g/mol. The van der Waals surface area contributed by atoms with Crippen molar-refractivity contribution in [3.05, 3.63) is 81.8 Å². The van der Waals surface area contributed by atoms with Crippen LogP contribution in [0.2, 0.25) is 0 Å². The monoisotopic (exact) mass is 410 g/mol. The zero-order valence-corrected chi connectivity index (χ0v) is 17.3. The normalized spacial score (nSPS) is 11.6. The van der Waals surface area contributed by atoms with Crippen LogP contribution in [0.15, 0.2) is 60.0 Å². The summed E-state index contributed by atoms with van der Waals surface area (Å²) in [5, 5.41) is 2.94. The Hall–Kier alpha value is -3.19. The molecule has 0 fully saturated rings. The molecule has 3 rings (SSSR count). The van der Waals surface area contributed by atoms with Gasteiger partial charge in [0.2, 0.25) is 6.10 Å². The van der Waals surface area contributed by atoms with E-state index in [9.17, 15) is 9.59 Å². The number of ether oxygens (including phenoxy) is 2. The van der Waals surface area contributed by atoms with Gasteiger partial charge in [0.25, 0.3) is 5.91 Å². The third-order valence-electron chi connectivity index (χ3n) is 4.14. The van der Waals surface area contributed by atoms with E-state index in [1.165, 1.54) is 4.90 Å². The van der Waals surface area contributed by atoms with E-state index in [1.54, 1.807) is 74.0 Å². The molecule has 1 aromatic heterocycles. The van der Waals surface area contributed by atoms with Crippen LogP contribution in [0, 0.1) is 6.92 Å². The number of carbonyl (C=O) groups is 2. The van der Waals surface area contributed by atoms with Gasteiger partial charge in [-0.2, -0.15) is 0 Å². The molecule has 0 saturated heterocycles. The van der Waals surface area contributed by atoms with Gasteiger partial charge in [-0.05, 0) is 31.2 Å². The molecule has 1 heterocycles. The standard InChI is InChI=1S/C22H22N2O4S/c1-15-23-18(14-29-15)13-27-19-11-9-17(10-12-19)22(26)28-20(21(25)24(2)3)16-7-5-4-6-8-16/h4-12,14,20H,13H2,1-3H3. The SMILES string of the molecule is Cc1nc(COc2ccc(C(=O)OC(C(=O)N(C)C)c3ccccc3)cc2)cs1. The lowest BCUT2D eigenvalue weighted by atomic mass is 10.1. The van der Waals surface area contributed by atoms with Crippen molar-refractivity contribution in [2.75, 3.05) is 14.1 Å². The highest BCUT2D eigenvalue weighted by atomic mass is 32.1. The van der Waals surface area contributed by atoms with Gasteiger partial charge in [0.15, 0.2) is 0 Å². The fourth-order valence-electron chi connectivity index (χ4n) is 2.62. The van der Waals surface area contributed by atoms with E-state index in [0.29, 0.717) is 23.5 Å². The first-order valence-electron chi connectivity index (χ1n) is 9.05. The Morgan fingerprint density at radius 2 is 1.76 bits per heavy atom. The third-order valence-corrected chi connectivity index (χ3v) is 4.96. The Kier molecular flexibility index (Phi) is 6.61. The lowest BCUT2D eigenvalue weighted by molar-refractivity contribution is -0.138. The second-order valence-corrected chi connectivity index (χ2v) is 7.66. The Bertz CT molecular complexity index is 968. The minimum absolute atomic E-state index is 0.303. The molecule has 29 heavy (non-hydrogen) atoms. The zero-order valence-electron chi connectivity index (χ0n) is 16.5. The zero-order chi connectivity index (χ0) is 20.8. The van der Waals surface area contributed by atoms with Gasteiger partial charge in [-0.1, -0.05) is 30.3 Å². The van der Waals surface area contributed by atoms with Gasteiger partial charge in [-0.25, -0.2) is 9.78 Å². The van der Waals surface area contributed by atoms with E-state index in [0.717, 1.165) is 10.7 Å². The summed E-state index contributed by atoms with van der Waals surface area (Å²) in [6, 6.07) is 15.6. The molecule has 0 aliphatic carbocycles. The van der Waals surface area contributed by atoms with E-state index in [2.05, 4.69) is 4.98 Å². The smallest absolute Gasteiger partial charge is 0.339 e. The Morgan fingerprint density at radius 1 is 1.07 bits per heavy atom. The highest BCUT2D eigenvalue weighted by molar-refractivity contribution is 7.09. The number of nitrogens with zero attached hydrogens (tertiary/aromatic N) is 2. The lowest BCUT2D eigenvalue weighted by Gasteiger charge is -2.21. The molecule has 1 amide bonds. The van der Waals surface area contributed by atoms with Crippen LogP contribution < -0.4 is 4.74 Å². The molecular formula is C22H22N2O4S. The second kappa shape index (κ2) is 9.34. The van der Waals surface area contributed by atoms with Crippen LogP contribution in [0.1, 0.15) is 32.7 Å². The number of aryl methyl sites for hydroxylation is 1. The number of rotatable bonds is 7. The number of benzene rings is 2. The maximum absolute atomic E-state index is 12.6. The van der Waals surface area contributed by atoms with Crippen LogP contribution in [-0.2, 0) is 16.1 Å². The molecule has 1 atom stereocenters. The molecule has 0 saturated carbocycles. The van der Waals surface area contributed by atoms with Crippen molar-refractivity contribution in [1.29, 1.82) is 0 Å². The molecule has 0 spiro atoms. The number of amides is 1. The average molecular weight is 410 g/mol. The third kappa shape index (κ3) is 5.42. The van der Waals surface area contributed by atoms with Crippen LogP contribution in [0.5, 0.6) is 5.75 Å². The quantitative estimate of drug-likeness (QED) is 0.551. The first-order chi connectivity index (χ1) is 13.9. The molecule has 7 heteroatoms. The molecule has 0 aliphatic rings. The molecule has 1 unspecified atom stereocenters. The van der Waals surface area contributed by atoms with Gasteiger partial charge in [0, 0.05) is 25.0 Å². The Balaban J connectivity index is 1.67. The fourth-order valence-corrected chi connectivity index (χ4v) is 3.21. The van der Waals surface area contributed by atoms with E-state index in [4.69, 9.17) is 9.47 Å². The number of likely N-dealkylation sites (N-methyl/N-ethyl adjacent to an activating group) is 1. The summed E-state index contributed by atoms with van der Waals surface area (Å²) in [6.07, 6.45) is -0.998. The highest BCUT2D eigenvalue weighted by Crippen LogP contribution is 2.22. The number of thiazole rings is 1. The summed E-state index contributed by atoms with van der Waals surface area (Å²) < 4.78 is 11.2. The second-order valence-electron chi connectivity index (χ2n) is 6.60. The summed E-state index contributed by atoms with van der Waals surface area (Å²) in [5.74, 6) is -0.255. The predicted octanol–water partition coefficient (Wildman–Crippen LogP) is 4.02. The summed E-state index contributed by atoms with van der Waals surface area (Å²) in [4.78, 5) is 30.9. The van der Waals surface area contributed by atoms with Gasteiger partial charge < -0.3 is 14.4 Å². The number of carbonyl (C=O) groups excluding carboxylic acids is 2. The van der Waals surface area contributed by atoms with Crippen molar-refractivity contribution in [2.24, 2.45) is 0 Å². The highest BCUT2D eigenvalue weighted by Gasteiger charge is 2.27. The number of aromatic nitrogens is 1. The lowest BCUT2D eigenvalue weighted by Crippen LogP contribution is -2.31. The molecule has 2 aromatic carbocycles. The largest absolute Gasteiger partial charge is 0.487 e. The van der Waals surface area contributed by atoms with Crippen LogP contribution in [-0.4, -0.2) is 35.9 Å². The maximum atomic E-state index is 12.6. The van der Waals surface area contributed by atoms with Crippen LogP contribution >= 0.6 is 11.3 Å². The van der Waals surface area contributed by atoms with Gasteiger partial charge in [0.1, 0.15) is 12.4 Å². The Morgan fingerprint density at radius 3 is 2.34 bits per heavy atom. The average Bonchev–Trinajstić information content (AvgIpc) is 3.16. The van der Waals surface area contributed by atoms with Gasteiger partial charge in [-0.3, -0.25) is 4.79 Å². The van der Waals surface area contributed by atoms with E-state index in [1.807, 2.05) is 18.4 Å². The van der Waals surface area contributed by atoms with Crippen molar-refractivity contribution in [3.8, 4) is 5.75 Å². The number of esters is 1. The molecule has 0 radical (unpaired) electrons. The molecule has 3 aromatic rings. The number of hydrogen-bond donors (Lipinski definition) is 0. The fraction of sp³-hybridized carbons (Fsp3) is 0.227. The molecule has 0 bridgehead atoms. The topological polar surface area (TPSA) is 68.7 Å². The minimum atomic E-state index is -0.998. The van der Waals surface area contributed by atoms with Crippen molar-refractivity contribution in [2.45, 2.75) is 19.6 Å². The Labute approximate surface area is 173 Å². The first-order valence-corrected chi connectivity index (χ1v) is 9.93. The molecule has 6 nitrogen and oxygen atoms in total.